The Labute approximate surface area is 222 Å². The molecule has 8 nitrogen and oxygen atoms in total. The van der Waals surface area contributed by atoms with E-state index in [4.69, 9.17) is 5.11 Å². The van der Waals surface area contributed by atoms with E-state index in [2.05, 4.69) is 51.8 Å². The highest BCUT2D eigenvalue weighted by Gasteiger charge is 2.09. The largest absolute Gasteiger partial charge is 0.476 e. The number of aromatic amines is 1. The summed E-state index contributed by atoms with van der Waals surface area (Å²) < 4.78 is 5.62. The molecule has 3 aromatic heterocycles. The molecule has 0 saturated carbocycles. The number of carbonyl (C=O) groups is 1. The van der Waals surface area contributed by atoms with Crippen LogP contribution in [0.2, 0.25) is 0 Å². The van der Waals surface area contributed by atoms with Gasteiger partial charge in [-0.3, -0.25) is 0 Å². The average Bonchev–Trinajstić information content (AvgIpc) is 3.64. The van der Waals surface area contributed by atoms with Crippen LogP contribution >= 0.6 is 31.9 Å². The lowest BCUT2D eigenvalue weighted by atomic mass is 10.3. The van der Waals surface area contributed by atoms with Crippen LogP contribution in [0.4, 0.5) is 0 Å². The third kappa shape index (κ3) is 5.29. The minimum atomic E-state index is -1.02. The van der Waals surface area contributed by atoms with Gasteiger partial charge < -0.3 is 19.2 Å². The van der Waals surface area contributed by atoms with Crippen LogP contribution in [0, 0.1) is 0 Å². The Balaban J connectivity index is 0.000000157. The zero-order chi connectivity index (χ0) is 25.1. The zero-order valence-corrected chi connectivity index (χ0v) is 21.8. The number of rotatable bonds is 4. The second-order valence-electron chi connectivity index (χ2n) is 7.70. The fourth-order valence-electron chi connectivity index (χ4n) is 3.51. The van der Waals surface area contributed by atoms with Crippen LogP contribution in [0.15, 0.2) is 107 Å². The SMILES string of the molecule is Brc1cccc(-n2cnc(-c3nc4ccccc4[nH]3)c2)c1.O=C(O)c1cn(-c2cccc(Br)c2)cn1. The molecule has 6 aromatic rings. The molecule has 178 valence electrons. The van der Waals surface area contributed by atoms with Crippen molar-refractivity contribution in [2.75, 3.05) is 0 Å². The average molecular weight is 606 g/mol. The summed E-state index contributed by atoms with van der Waals surface area (Å²) >= 11 is 6.83. The van der Waals surface area contributed by atoms with Crippen LogP contribution < -0.4 is 0 Å². The van der Waals surface area contributed by atoms with E-state index in [0.717, 1.165) is 42.9 Å². The molecule has 10 heteroatoms. The number of fused-ring (bicyclic) bond motifs is 1. The normalized spacial score (nSPS) is 10.7. The summed E-state index contributed by atoms with van der Waals surface area (Å²) in [4.78, 5) is 26.7. The molecule has 0 aliphatic rings. The first-order chi connectivity index (χ1) is 17.5. The van der Waals surface area contributed by atoms with Gasteiger partial charge in [-0.1, -0.05) is 56.1 Å². The fourth-order valence-corrected chi connectivity index (χ4v) is 4.28. The fraction of sp³-hybridized carbons (Fsp3) is 0. The number of halogens is 2. The number of nitrogens with one attached hydrogen (secondary N) is 1. The van der Waals surface area contributed by atoms with Gasteiger partial charge in [-0.15, -0.1) is 0 Å². The summed E-state index contributed by atoms with van der Waals surface area (Å²) in [7, 11) is 0. The van der Waals surface area contributed by atoms with Gasteiger partial charge in [-0.2, -0.15) is 0 Å². The van der Waals surface area contributed by atoms with E-state index in [9.17, 15) is 4.79 Å². The number of nitrogens with zero attached hydrogens (tertiary/aromatic N) is 5. The molecule has 0 bridgehead atoms. The van der Waals surface area contributed by atoms with E-state index in [1.165, 1.54) is 12.5 Å². The predicted molar refractivity (Wildman–Crippen MR) is 145 cm³/mol. The second kappa shape index (κ2) is 10.3. The molecule has 3 heterocycles. The molecule has 36 heavy (non-hydrogen) atoms. The topological polar surface area (TPSA) is 102 Å². The highest BCUT2D eigenvalue weighted by Crippen LogP contribution is 2.21. The summed E-state index contributed by atoms with van der Waals surface area (Å²) in [6.45, 7) is 0. The van der Waals surface area contributed by atoms with Crippen LogP contribution in [0.25, 0.3) is 33.9 Å². The number of aromatic nitrogens is 6. The number of hydrogen-bond acceptors (Lipinski definition) is 4. The monoisotopic (exact) mass is 604 g/mol. The maximum absolute atomic E-state index is 10.6. The first-order valence-electron chi connectivity index (χ1n) is 10.7. The van der Waals surface area contributed by atoms with Crippen LogP contribution in [0.5, 0.6) is 0 Å². The molecule has 0 radical (unpaired) electrons. The summed E-state index contributed by atoms with van der Waals surface area (Å²) in [5, 5.41) is 8.71. The first-order valence-corrected chi connectivity index (χ1v) is 12.3. The van der Waals surface area contributed by atoms with Crippen molar-refractivity contribution in [2.24, 2.45) is 0 Å². The summed E-state index contributed by atoms with van der Waals surface area (Å²) in [6, 6.07) is 23.6. The molecular weight excluding hydrogens is 588 g/mol. The van der Waals surface area contributed by atoms with Gasteiger partial charge in [0.15, 0.2) is 11.5 Å². The number of H-pyrrole nitrogens is 1. The van der Waals surface area contributed by atoms with Crippen LogP contribution in [-0.4, -0.2) is 40.1 Å². The molecule has 0 aliphatic carbocycles. The first kappa shape index (κ1) is 23.7. The van der Waals surface area contributed by atoms with Gasteiger partial charge in [0.2, 0.25) is 0 Å². The van der Waals surface area contributed by atoms with Crippen molar-refractivity contribution in [2.45, 2.75) is 0 Å². The quantitative estimate of drug-likeness (QED) is 0.238. The molecule has 0 saturated heterocycles. The molecule has 3 aromatic carbocycles. The van der Waals surface area contributed by atoms with E-state index in [0.29, 0.717) is 0 Å². The Kier molecular flexibility index (Phi) is 6.79. The lowest BCUT2D eigenvalue weighted by Crippen LogP contribution is -1.95. The number of aromatic carboxylic acids is 1. The minimum absolute atomic E-state index is 0.0370. The van der Waals surface area contributed by atoms with E-state index in [1.54, 1.807) is 10.9 Å². The Morgan fingerprint density at radius 1 is 0.806 bits per heavy atom. The third-order valence-electron chi connectivity index (χ3n) is 5.23. The highest BCUT2D eigenvalue weighted by atomic mass is 79.9. The number of carboxylic acids is 1. The van der Waals surface area contributed by atoms with Gasteiger partial charge in [0.05, 0.1) is 11.0 Å². The molecule has 0 atom stereocenters. The van der Waals surface area contributed by atoms with E-state index in [-0.39, 0.29) is 5.69 Å². The summed E-state index contributed by atoms with van der Waals surface area (Å²) in [5.41, 5.74) is 4.75. The van der Waals surface area contributed by atoms with Crippen molar-refractivity contribution in [1.82, 2.24) is 29.1 Å². The molecule has 0 fully saturated rings. The summed E-state index contributed by atoms with van der Waals surface area (Å²) in [6.07, 6.45) is 6.72. The van der Waals surface area contributed by atoms with Gasteiger partial charge in [0, 0.05) is 32.7 Å². The maximum Gasteiger partial charge on any atom is 0.356 e. The Bertz CT molecular complexity index is 1640. The van der Waals surface area contributed by atoms with Crippen LogP contribution in [0.3, 0.4) is 0 Å². The predicted octanol–water partition coefficient (Wildman–Crippen LogP) is 6.51. The van der Waals surface area contributed by atoms with E-state index >= 15 is 0 Å². The van der Waals surface area contributed by atoms with E-state index in [1.807, 2.05) is 83.6 Å². The zero-order valence-electron chi connectivity index (χ0n) is 18.6. The Hall–Kier alpha value is -4.02. The summed E-state index contributed by atoms with van der Waals surface area (Å²) in [5.74, 6) is -0.242. The van der Waals surface area contributed by atoms with E-state index < -0.39 is 5.97 Å². The van der Waals surface area contributed by atoms with Crippen molar-refractivity contribution in [3.05, 3.63) is 112 Å². The second-order valence-corrected chi connectivity index (χ2v) is 9.53. The van der Waals surface area contributed by atoms with Crippen molar-refractivity contribution in [3.8, 4) is 22.9 Å². The number of hydrogen-bond donors (Lipinski definition) is 2. The van der Waals surface area contributed by atoms with Gasteiger partial charge in [0.25, 0.3) is 0 Å². The molecule has 2 N–H and O–H groups in total. The Morgan fingerprint density at radius 3 is 2.06 bits per heavy atom. The van der Waals surface area contributed by atoms with Gasteiger partial charge in [-0.25, -0.2) is 19.7 Å². The van der Waals surface area contributed by atoms with Gasteiger partial charge >= 0.3 is 5.97 Å². The molecule has 0 unspecified atom stereocenters. The third-order valence-corrected chi connectivity index (χ3v) is 6.22. The molecule has 0 amide bonds. The van der Waals surface area contributed by atoms with Crippen molar-refractivity contribution < 1.29 is 9.90 Å². The molecule has 0 aliphatic heterocycles. The molecule has 0 spiro atoms. The van der Waals surface area contributed by atoms with Crippen molar-refractivity contribution in [3.63, 3.8) is 0 Å². The molecular formula is C26H18Br2N6O2. The smallest absolute Gasteiger partial charge is 0.356 e. The van der Waals surface area contributed by atoms with Gasteiger partial charge in [-0.05, 0) is 48.5 Å². The van der Waals surface area contributed by atoms with Crippen LogP contribution in [-0.2, 0) is 0 Å². The standard InChI is InChI=1S/C16H11BrN4.C10H7BrN2O2/c17-11-4-3-5-12(8-11)21-9-15(18-10-21)16-19-13-6-1-2-7-14(13)20-16;11-7-2-1-3-8(4-7)13-5-9(10(14)15)12-6-13/h1-10H,(H,19,20);1-6H,(H,14,15). The van der Waals surface area contributed by atoms with Crippen molar-refractivity contribution >= 4 is 48.9 Å². The van der Waals surface area contributed by atoms with Gasteiger partial charge in [0.1, 0.15) is 18.3 Å². The molecule has 6 rings (SSSR count). The lowest BCUT2D eigenvalue weighted by molar-refractivity contribution is 0.0691. The maximum atomic E-state index is 10.6. The lowest BCUT2D eigenvalue weighted by Gasteiger charge is -2.01. The number of benzene rings is 3. The van der Waals surface area contributed by atoms with Crippen molar-refractivity contribution in [1.29, 1.82) is 0 Å². The number of imidazole rings is 3. The van der Waals surface area contributed by atoms with Crippen LogP contribution in [0.1, 0.15) is 10.5 Å². The highest BCUT2D eigenvalue weighted by molar-refractivity contribution is 9.10. The number of carboxylic acid groups (broad SMARTS) is 1. The minimum Gasteiger partial charge on any atom is -0.476 e. The number of para-hydroxylation sites is 2. The Morgan fingerprint density at radius 2 is 1.44 bits per heavy atom.